The standard InChI is InChI=1S/C33H35N7O3/c1-6-43-27-17-15-23(16-18-27)30(32(42)35-33(3,4)5)40(26-19-25-9-7-8-10-28(25)34-20-26)29(41)21-39-37-31(36-38-39)24-13-11-22(2)12-14-24/h7-20,30H,6,21H2,1-5H3,(H,35,42)/t30-/m1/s1. The van der Waals surface area contributed by atoms with Crippen LogP contribution >= 0.6 is 0 Å². The van der Waals surface area contributed by atoms with Crippen molar-refractivity contribution in [3.05, 3.63) is 96.2 Å². The van der Waals surface area contributed by atoms with Gasteiger partial charge in [0.15, 0.2) is 0 Å². The molecule has 10 nitrogen and oxygen atoms in total. The van der Waals surface area contributed by atoms with Crippen LogP contribution in [0.5, 0.6) is 5.75 Å². The maximum Gasteiger partial charge on any atom is 0.251 e. The summed E-state index contributed by atoms with van der Waals surface area (Å²) in [6.45, 7) is 9.86. The van der Waals surface area contributed by atoms with Crippen molar-refractivity contribution in [2.75, 3.05) is 11.5 Å². The van der Waals surface area contributed by atoms with Crippen LogP contribution in [0.4, 0.5) is 5.69 Å². The van der Waals surface area contributed by atoms with Gasteiger partial charge in [0.2, 0.25) is 11.7 Å². The molecule has 2 amide bonds. The summed E-state index contributed by atoms with van der Waals surface area (Å²) in [6, 6.07) is 23.4. The zero-order chi connectivity index (χ0) is 30.6. The Morgan fingerprint density at radius 1 is 1.00 bits per heavy atom. The molecule has 0 fully saturated rings. The molecule has 0 aliphatic carbocycles. The van der Waals surface area contributed by atoms with E-state index in [0.29, 0.717) is 29.4 Å². The molecule has 220 valence electrons. The summed E-state index contributed by atoms with van der Waals surface area (Å²) in [7, 11) is 0. The van der Waals surface area contributed by atoms with Gasteiger partial charge in [-0.15, -0.1) is 10.2 Å². The highest BCUT2D eigenvalue weighted by molar-refractivity contribution is 6.02. The predicted octanol–water partition coefficient (Wildman–Crippen LogP) is 5.28. The minimum absolute atomic E-state index is 0.248. The summed E-state index contributed by atoms with van der Waals surface area (Å²) in [5.41, 5.74) is 3.20. The van der Waals surface area contributed by atoms with Crippen LogP contribution in [-0.4, -0.2) is 49.2 Å². The first-order valence-electron chi connectivity index (χ1n) is 14.2. The molecule has 43 heavy (non-hydrogen) atoms. The van der Waals surface area contributed by atoms with Gasteiger partial charge < -0.3 is 10.1 Å². The third-order valence-electron chi connectivity index (χ3n) is 6.67. The lowest BCUT2D eigenvalue weighted by molar-refractivity contribution is -0.128. The van der Waals surface area contributed by atoms with Crippen LogP contribution in [-0.2, 0) is 16.1 Å². The number of nitrogens with zero attached hydrogens (tertiary/aromatic N) is 6. The molecular weight excluding hydrogens is 542 g/mol. The highest BCUT2D eigenvalue weighted by Gasteiger charge is 2.35. The summed E-state index contributed by atoms with van der Waals surface area (Å²) in [5.74, 6) is 0.320. The van der Waals surface area contributed by atoms with E-state index in [1.807, 2.05) is 89.2 Å². The minimum atomic E-state index is -1.02. The lowest BCUT2D eigenvalue weighted by atomic mass is 10.0. The number of amides is 2. The molecule has 0 radical (unpaired) electrons. The number of hydrogen-bond acceptors (Lipinski definition) is 7. The molecule has 1 atom stereocenters. The Morgan fingerprint density at radius 2 is 1.72 bits per heavy atom. The monoisotopic (exact) mass is 577 g/mol. The number of fused-ring (bicyclic) bond motifs is 1. The molecule has 2 aromatic heterocycles. The van der Waals surface area contributed by atoms with Crippen LogP contribution in [0.15, 0.2) is 85.1 Å². The summed E-state index contributed by atoms with van der Waals surface area (Å²) in [5, 5.41) is 16.7. The molecule has 5 rings (SSSR count). The number of rotatable bonds is 9. The fourth-order valence-electron chi connectivity index (χ4n) is 4.72. The van der Waals surface area contributed by atoms with Crippen molar-refractivity contribution in [1.82, 2.24) is 30.5 Å². The Kier molecular flexibility index (Phi) is 8.47. The van der Waals surface area contributed by atoms with E-state index >= 15 is 0 Å². The van der Waals surface area contributed by atoms with Gasteiger partial charge >= 0.3 is 0 Å². The van der Waals surface area contributed by atoms with Crippen molar-refractivity contribution in [3.8, 4) is 17.1 Å². The number of ether oxygens (including phenoxy) is 1. The first-order valence-corrected chi connectivity index (χ1v) is 14.2. The number of hydrogen-bond donors (Lipinski definition) is 1. The molecule has 0 spiro atoms. The van der Waals surface area contributed by atoms with Gasteiger partial charge in [-0.1, -0.05) is 60.2 Å². The average molecular weight is 578 g/mol. The van der Waals surface area contributed by atoms with E-state index in [9.17, 15) is 9.59 Å². The highest BCUT2D eigenvalue weighted by atomic mass is 16.5. The van der Waals surface area contributed by atoms with E-state index in [2.05, 4.69) is 25.7 Å². The van der Waals surface area contributed by atoms with Gasteiger partial charge in [-0.3, -0.25) is 19.5 Å². The lowest BCUT2D eigenvalue weighted by Crippen LogP contribution is -2.50. The molecule has 0 unspecified atom stereocenters. The fraction of sp³-hybridized carbons (Fsp3) is 0.273. The van der Waals surface area contributed by atoms with E-state index in [4.69, 9.17) is 4.74 Å². The number of aromatic nitrogens is 5. The third-order valence-corrected chi connectivity index (χ3v) is 6.67. The minimum Gasteiger partial charge on any atom is -0.494 e. The SMILES string of the molecule is CCOc1ccc([C@H](C(=O)NC(C)(C)C)N(C(=O)Cn2nnc(-c3ccc(C)cc3)n2)c2cnc3ccccc3c2)cc1. The zero-order valence-electron chi connectivity index (χ0n) is 25.0. The third kappa shape index (κ3) is 7.03. The number of para-hydroxylation sites is 1. The van der Waals surface area contributed by atoms with Crippen LogP contribution in [0.1, 0.15) is 44.9 Å². The Labute approximate surface area is 250 Å². The van der Waals surface area contributed by atoms with E-state index in [0.717, 1.165) is 22.0 Å². The molecule has 0 saturated heterocycles. The molecule has 10 heteroatoms. The smallest absolute Gasteiger partial charge is 0.251 e. The lowest BCUT2D eigenvalue weighted by Gasteiger charge is -2.33. The average Bonchev–Trinajstić information content (AvgIpc) is 3.44. The van der Waals surface area contributed by atoms with Crippen molar-refractivity contribution < 1.29 is 14.3 Å². The first kappa shape index (κ1) is 29.4. The maximum atomic E-state index is 14.3. The number of carbonyl (C=O) groups is 2. The summed E-state index contributed by atoms with van der Waals surface area (Å²) in [6.07, 6.45) is 1.61. The van der Waals surface area contributed by atoms with Crippen molar-refractivity contribution in [3.63, 3.8) is 0 Å². The topological polar surface area (TPSA) is 115 Å². The van der Waals surface area contributed by atoms with Crippen molar-refractivity contribution in [1.29, 1.82) is 0 Å². The van der Waals surface area contributed by atoms with Crippen molar-refractivity contribution >= 4 is 28.4 Å². The molecule has 3 aromatic carbocycles. The summed E-state index contributed by atoms with van der Waals surface area (Å²) in [4.78, 5) is 35.6. The Bertz CT molecular complexity index is 1720. The van der Waals surface area contributed by atoms with Gasteiger partial charge in [-0.25, -0.2) is 0 Å². The number of anilines is 1. The molecule has 0 saturated carbocycles. The second-order valence-corrected chi connectivity index (χ2v) is 11.3. The van der Waals surface area contributed by atoms with Gasteiger partial charge in [0, 0.05) is 16.5 Å². The molecule has 1 N–H and O–H groups in total. The molecule has 0 aliphatic heterocycles. The van der Waals surface area contributed by atoms with Crippen LogP contribution in [0.25, 0.3) is 22.3 Å². The van der Waals surface area contributed by atoms with Crippen molar-refractivity contribution in [2.45, 2.75) is 52.7 Å². The number of nitrogens with one attached hydrogen (secondary N) is 1. The summed E-state index contributed by atoms with van der Waals surface area (Å²) >= 11 is 0. The Hall–Kier alpha value is -5.12. The summed E-state index contributed by atoms with van der Waals surface area (Å²) < 4.78 is 5.63. The normalized spacial score (nSPS) is 12.1. The highest BCUT2D eigenvalue weighted by Crippen LogP contribution is 2.31. The Balaban J connectivity index is 1.58. The number of carbonyl (C=O) groups excluding carboxylic acids is 2. The molecule has 2 heterocycles. The van der Waals surface area contributed by atoms with Gasteiger partial charge in [-0.2, -0.15) is 4.80 Å². The van der Waals surface area contributed by atoms with Gasteiger partial charge in [0.1, 0.15) is 18.3 Å². The number of tetrazole rings is 1. The largest absolute Gasteiger partial charge is 0.494 e. The van der Waals surface area contributed by atoms with Gasteiger partial charge in [0.05, 0.1) is 24.0 Å². The van der Waals surface area contributed by atoms with E-state index in [-0.39, 0.29) is 12.5 Å². The second kappa shape index (κ2) is 12.4. The van der Waals surface area contributed by atoms with Crippen molar-refractivity contribution in [2.24, 2.45) is 0 Å². The number of aryl methyl sites for hydroxylation is 1. The molecule has 0 aliphatic rings. The zero-order valence-corrected chi connectivity index (χ0v) is 25.0. The van der Waals surface area contributed by atoms with E-state index < -0.39 is 17.5 Å². The molecular formula is C33H35N7O3. The van der Waals surface area contributed by atoms with E-state index in [1.165, 1.54) is 9.70 Å². The maximum absolute atomic E-state index is 14.3. The molecule has 5 aromatic rings. The van der Waals surface area contributed by atoms with Gasteiger partial charge in [0.25, 0.3) is 5.91 Å². The van der Waals surface area contributed by atoms with Crippen LogP contribution in [0.3, 0.4) is 0 Å². The second-order valence-electron chi connectivity index (χ2n) is 11.3. The fourth-order valence-corrected chi connectivity index (χ4v) is 4.72. The predicted molar refractivity (Wildman–Crippen MR) is 165 cm³/mol. The van der Waals surface area contributed by atoms with Gasteiger partial charge in [-0.05, 0) is 69.7 Å². The van der Waals surface area contributed by atoms with E-state index in [1.54, 1.807) is 30.5 Å². The molecule has 0 bridgehead atoms. The quantitative estimate of drug-likeness (QED) is 0.253. The Morgan fingerprint density at radius 3 is 2.42 bits per heavy atom. The van der Waals surface area contributed by atoms with Crippen LogP contribution in [0.2, 0.25) is 0 Å². The van der Waals surface area contributed by atoms with Crippen LogP contribution in [0, 0.1) is 6.92 Å². The van der Waals surface area contributed by atoms with Crippen LogP contribution < -0.4 is 15.0 Å². The number of pyridine rings is 1. The first-order chi connectivity index (χ1) is 20.6. The number of benzene rings is 3.